The molecular formula is C14H21NO4. The fraction of sp³-hybridized carbons (Fsp3) is 0.500. The molecule has 1 unspecified atom stereocenters. The Morgan fingerprint density at radius 1 is 1.26 bits per heavy atom. The fourth-order valence-corrected chi connectivity index (χ4v) is 1.61. The molecule has 5 heteroatoms. The van der Waals surface area contributed by atoms with E-state index < -0.39 is 0 Å². The predicted octanol–water partition coefficient (Wildman–Crippen LogP) is 1.75. The molecule has 0 aromatic heterocycles. The van der Waals surface area contributed by atoms with Crippen LogP contribution >= 0.6 is 0 Å². The number of benzene rings is 1. The molecule has 0 fully saturated rings. The third-order valence-electron chi connectivity index (χ3n) is 2.70. The maximum atomic E-state index is 11.5. The third kappa shape index (κ3) is 4.44. The molecule has 0 heterocycles. The summed E-state index contributed by atoms with van der Waals surface area (Å²) < 4.78 is 15.3. The highest BCUT2D eigenvalue weighted by Crippen LogP contribution is 2.27. The van der Waals surface area contributed by atoms with E-state index in [0.717, 1.165) is 5.56 Å². The van der Waals surface area contributed by atoms with Crippen LogP contribution in [-0.2, 0) is 16.1 Å². The van der Waals surface area contributed by atoms with Crippen molar-refractivity contribution in [2.24, 2.45) is 0 Å². The molecule has 0 aliphatic carbocycles. The minimum absolute atomic E-state index is 0.247. The number of rotatable bonds is 7. The second-order valence-corrected chi connectivity index (χ2v) is 4.04. The molecule has 1 aromatic carbocycles. The quantitative estimate of drug-likeness (QED) is 0.763. The summed E-state index contributed by atoms with van der Waals surface area (Å²) in [5.74, 6) is 1.11. The maximum Gasteiger partial charge on any atom is 0.322 e. The first kappa shape index (κ1) is 15.3. The van der Waals surface area contributed by atoms with Gasteiger partial charge in [-0.3, -0.25) is 4.79 Å². The molecule has 1 atom stereocenters. The largest absolute Gasteiger partial charge is 0.493 e. The van der Waals surface area contributed by atoms with Gasteiger partial charge < -0.3 is 19.5 Å². The highest BCUT2D eigenvalue weighted by Gasteiger charge is 2.13. The molecule has 0 saturated heterocycles. The van der Waals surface area contributed by atoms with Crippen LogP contribution in [0.25, 0.3) is 0 Å². The zero-order valence-electron chi connectivity index (χ0n) is 11.9. The van der Waals surface area contributed by atoms with E-state index in [1.807, 2.05) is 18.2 Å². The van der Waals surface area contributed by atoms with Crippen LogP contribution in [0.15, 0.2) is 18.2 Å². The Labute approximate surface area is 113 Å². The zero-order valence-corrected chi connectivity index (χ0v) is 11.9. The van der Waals surface area contributed by atoms with Gasteiger partial charge in [0.2, 0.25) is 0 Å². The van der Waals surface area contributed by atoms with Gasteiger partial charge in [0.25, 0.3) is 0 Å². The van der Waals surface area contributed by atoms with Crippen molar-refractivity contribution in [3.05, 3.63) is 23.8 Å². The average Bonchev–Trinajstić information content (AvgIpc) is 2.44. The number of methoxy groups -OCH3 is 2. The Morgan fingerprint density at radius 2 is 1.95 bits per heavy atom. The van der Waals surface area contributed by atoms with E-state index in [2.05, 4.69) is 5.32 Å². The topological polar surface area (TPSA) is 56.8 Å². The number of carbonyl (C=O) groups excluding carboxylic acids is 1. The van der Waals surface area contributed by atoms with Crippen molar-refractivity contribution in [2.75, 3.05) is 20.8 Å². The molecule has 0 amide bonds. The van der Waals surface area contributed by atoms with Gasteiger partial charge in [-0.05, 0) is 31.5 Å². The summed E-state index contributed by atoms with van der Waals surface area (Å²) in [5.41, 5.74) is 1.01. The lowest BCUT2D eigenvalue weighted by Gasteiger charge is -2.14. The van der Waals surface area contributed by atoms with Crippen molar-refractivity contribution >= 4 is 5.97 Å². The predicted molar refractivity (Wildman–Crippen MR) is 72.5 cm³/mol. The Kier molecular flexibility index (Phi) is 6.15. The van der Waals surface area contributed by atoms with Gasteiger partial charge in [0.15, 0.2) is 11.5 Å². The molecule has 1 rings (SSSR count). The minimum Gasteiger partial charge on any atom is -0.493 e. The number of hydrogen-bond acceptors (Lipinski definition) is 5. The van der Waals surface area contributed by atoms with Gasteiger partial charge in [-0.2, -0.15) is 0 Å². The summed E-state index contributed by atoms with van der Waals surface area (Å²) in [7, 11) is 3.19. The minimum atomic E-state index is -0.340. The van der Waals surface area contributed by atoms with Crippen LogP contribution < -0.4 is 14.8 Å². The second kappa shape index (κ2) is 7.63. The highest BCUT2D eigenvalue weighted by molar-refractivity contribution is 5.75. The van der Waals surface area contributed by atoms with Crippen LogP contribution in [0, 0.1) is 0 Å². The molecule has 0 aliphatic heterocycles. The maximum absolute atomic E-state index is 11.5. The van der Waals surface area contributed by atoms with Gasteiger partial charge >= 0.3 is 5.97 Å². The highest BCUT2D eigenvalue weighted by atomic mass is 16.5. The Bertz CT molecular complexity index is 420. The van der Waals surface area contributed by atoms with Crippen LogP contribution in [0.1, 0.15) is 19.4 Å². The molecule has 0 radical (unpaired) electrons. The number of hydrogen-bond donors (Lipinski definition) is 1. The number of esters is 1. The van der Waals surface area contributed by atoms with Crippen LogP contribution in [0.3, 0.4) is 0 Å². The van der Waals surface area contributed by atoms with Crippen LogP contribution in [0.4, 0.5) is 0 Å². The van der Waals surface area contributed by atoms with Crippen molar-refractivity contribution in [1.82, 2.24) is 5.32 Å². The molecule has 0 saturated carbocycles. The first-order valence-electron chi connectivity index (χ1n) is 6.23. The number of carbonyl (C=O) groups is 1. The summed E-state index contributed by atoms with van der Waals surface area (Å²) in [6.07, 6.45) is 0. The van der Waals surface area contributed by atoms with Gasteiger partial charge in [0.05, 0.1) is 20.8 Å². The van der Waals surface area contributed by atoms with Crippen LogP contribution in [0.5, 0.6) is 11.5 Å². The standard InChI is InChI=1S/C14H21NO4/c1-5-19-14(16)10(2)15-9-11-6-7-12(17-3)13(8-11)18-4/h6-8,10,15H,5,9H2,1-4H3. The van der Waals surface area contributed by atoms with Gasteiger partial charge in [-0.1, -0.05) is 6.07 Å². The van der Waals surface area contributed by atoms with E-state index >= 15 is 0 Å². The Balaban J connectivity index is 2.60. The van der Waals surface area contributed by atoms with E-state index in [0.29, 0.717) is 24.7 Å². The first-order chi connectivity index (χ1) is 9.12. The fourth-order valence-electron chi connectivity index (χ4n) is 1.61. The normalized spacial score (nSPS) is 11.8. The van der Waals surface area contributed by atoms with Crippen molar-refractivity contribution in [3.8, 4) is 11.5 Å². The van der Waals surface area contributed by atoms with Crippen molar-refractivity contribution < 1.29 is 19.0 Å². The summed E-state index contributed by atoms with van der Waals surface area (Å²) >= 11 is 0. The molecule has 1 aromatic rings. The number of ether oxygens (including phenoxy) is 3. The van der Waals surface area contributed by atoms with Gasteiger partial charge in [0, 0.05) is 6.54 Å². The average molecular weight is 267 g/mol. The van der Waals surface area contributed by atoms with E-state index in [1.54, 1.807) is 28.1 Å². The zero-order chi connectivity index (χ0) is 14.3. The monoisotopic (exact) mass is 267 g/mol. The SMILES string of the molecule is CCOC(=O)C(C)NCc1ccc(OC)c(OC)c1. The van der Waals surface area contributed by atoms with Crippen molar-refractivity contribution in [3.63, 3.8) is 0 Å². The summed E-state index contributed by atoms with van der Waals surface area (Å²) in [4.78, 5) is 11.5. The van der Waals surface area contributed by atoms with Crippen LogP contribution in [-0.4, -0.2) is 32.8 Å². The van der Waals surface area contributed by atoms with Crippen molar-refractivity contribution in [1.29, 1.82) is 0 Å². The van der Waals surface area contributed by atoms with E-state index in [9.17, 15) is 4.79 Å². The molecule has 5 nitrogen and oxygen atoms in total. The summed E-state index contributed by atoms with van der Waals surface area (Å²) in [6, 6.07) is 5.30. The first-order valence-corrected chi connectivity index (χ1v) is 6.23. The molecular weight excluding hydrogens is 246 g/mol. The van der Waals surface area contributed by atoms with Crippen LogP contribution in [0.2, 0.25) is 0 Å². The number of nitrogens with one attached hydrogen (secondary N) is 1. The Hall–Kier alpha value is -1.75. The molecule has 106 valence electrons. The summed E-state index contributed by atoms with van der Waals surface area (Å²) in [5, 5.41) is 3.10. The molecule has 0 bridgehead atoms. The summed E-state index contributed by atoms with van der Waals surface area (Å²) in [6.45, 7) is 4.51. The second-order valence-electron chi connectivity index (χ2n) is 4.04. The van der Waals surface area contributed by atoms with E-state index in [1.165, 1.54) is 0 Å². The lowest BCUT2D eigenvalue weighted by Crippen LogP contribution is -2.34. The lowest BCUT2D eigenvalue weighted by atomic mass is 10.2. The molecule has 1 N–H and O–H groups in total. The van der Waals surface area contributed by atoms with Gasteiger partial charge in [-0.25, -0.2) is 0 Å². The smallest absolute Gasteiger partial charge is 0.322 e. The third-order valence-corrected chi connectivity index (χ3v) is 2.70. The Morgan fingerprint density at radius 3 is 2.53 bits per heavy atom. The van der Waals surface area contributed by atoms with Gasteiger partial charge in [-0.15, -0.1) is 0 Å². The molecule has 19 heavy (non-hydrogen) atoms. The lowest BCUT2D eigenvalue weighted by molar-refractivity contribution is -0.145. The van der Waals surface area contributed by atoms with E-state index in [4.69, 9.17) is 14.2 Å². The molecule has 0 spiro atoms. The van der Waals surface area contributed by atoms with Gasteiger partial charge in [0.1, 0.15) is 6.04 Å². The van der Waals surface area contributed by atoms with Crippen molar-refractivity contribution in [2.45, 2.75) is 26.4 Å². The van der Waals surface area contributed by atoms with E-state index in [-0.39, 0.29) is 12.0 Å². The molecule has 0 aliphatic rings.